The first-order chi connectivity index (χ1) is 11.7. The lowest BCUT2D eigenvalue weighted by Gasteiger charge is -2.14. The predicted molar refractivity (Wildman–Crippen MR) is 85.3 cm³/mol. The molecule has 6 nitrogen and oxygen atoms in total. The molecule has 4 rings (SSSR count). The van der Waals surface area contributed by atoms with E-state index in [2.05, 4.69) is 4.98 Å². The summed E-state index contributed by atoms with van der Waals surface area (Å²) in [6.45, 7) is -0.0527. The Morgan fingerprint density at radius 3 is 2.96 bits per heavy atom. The molecule has 7 heteroatoms. The number of rotatable bonds is 3. The minimum Gasteiger partial charge on any atom is -0.441 e. The van der Waals surface area contributed by atoms with Crippen molar-refractivity contribution in [3.05, 3.63) is 54.7 Å². The number of ether oxygens (including phenoxy) is 1. The van der Waals surface area contributed by atoms with Crippen molar-refractivity contribution < 1.29 is 19.0 Å². The van der Waals surface area contributed by atoms with Crippen molar-refractivity contribution in [3.8, 4) is 11.1 Å². The molecule has 2 aromatic heterocycles. The second kappa shape index (κ2) is 5.61. The highest BCUT2D eigenvalue weighted by Gasteiger charge is 2.32. The van der Waals surface area contributed by atoms with E-state index in [0.717, 1.165) is 5.65 Å². The summed E-state index contributed by atoms with van der Waals surface area (Å²) in [6.07, 6.45) is 4.10. The highest BCUT2D eigenvalue weighted by atomic mass is 19.1. The maximum Gasteiger partial charge on any atom is 0.414 e. The smallest absolute Gasteiger partial charge is 0.414 e. The molecule has 0 radical (unpaired) electrons. The van der Waals surface area contributed by atoms with E-state index < -0.39 is 18.0 Å². The number of cyclic esters (lactones) is 1. The number of pyridine rings is 1. The standard InChI is InChI=1S/C17H14FN3O3/c18-15-7-12(21-9-13(10-22)24-17(21)23)2-3-14(15)11-1-4-16-19-5-6-20(16)8-11/h1-8,13,22H,9-10H2/t13-/m1/s1. The number of aliphatic hydroxyl groups excluding tert-OH is 1. The molecule has 0 spiro atoms. The second-order valence-electron chi connectivity index (χ2n) is 5.57. The Morgan fingerprint density at radius 2 is 2.21 bits per heavy atom. The molecule has 3 aromatic rings. The van der Waals surface area contributed by atoms with E-state index in [1.54, 1.807) is 36.8 Å². The van der Waals surface area contributed by atoms with Gasteiger partial charge in [0, 0.05) is 29.7 Å². The Bertz CT molecular complexity index is 924. The van der Waals surface area contributed by atoms with Gasteiger partial charge < -0.3 is 14.2 Å². The van der Waals surface area contributed by atoms with Crippen molar-refractivity contribution in [1.82, 2.24) is 9.38 Å². The third kappa shape index (κ3) is 2.39. The number of imidazole rings is 1. The number of benzene rings is 1. The van der Waals surface area contributed by atoms with Crippen LogP contribution in [0.3, 0.4) is 0 Å². The number of amides is 1. The summed E-state index contributed by atoms with van der Waals surface area (Å²) in [6, 6.07) is 8.20. The highest BCUT2D eigenvalue weighted by molar-refractivity contribution is 5.90. The molecule has 0 unspecified atom stereocenters. The van der Waals surface area contributed by atoms with E-state index >= 15 is 0 Å². The fourth-order valence-corrected chi connectivity index (χ4v) is 2.81. The molecule has 1 amide bonds. The van der Waals surface area contributed by atoms with E-state index in [9.17, 15) is 9.18 Å². The Morgan fingerprint density at radius 1 is 1.33 bits per heavy atom. The van der Waals surface area contributed by atoms with Gasteiger partial charge in [-0.1, -0.05) is 0 Å². The fourth-order valence-electron chi connectivity index (χ4n) is 2.81. The molecule has 24 heavy (non-hydrogen) atoms. The first-order valence-corrected chi connectivity index (χ1v) is 7.47. The highest BCUT2D eigenvalue weighted by Crippen LogP contribution is 2.29. The minimum atomic E-state index is -0.582. The van der Waals surface area contributed by atoms with Crippen molar-refractivity contribution in [2.45, 2.75) is 6.10 Å². The van der Waals surface area contributed by atoms with Gasteiger partial charge in [0.2, 0.25) is 0 Å². The molecule has 1 atom stereocenters. The van der Waals surface area contributed by atoms with Gasteiger partial charge in [0.05, 0.1) is 18.8 Å². The average Bonchev–Trinajstić information content (AvgIpc) is 3.20. The second-order valence-corrected chi connectivity index (χ2v) is 5.57. The van der Waals surface area contributed by atoms with E-state index in [4.69, 9.17) is 9.84 Å². The zero-order valence-corrected chi connectivity index (χ0v) is 12.6. The maximum atomic E-state index is 14.6. The number of anilines is 1. The lowest BCUT2D eigenvalue weighted by atomic mass is 10.1. The lowest BCUT2D eigenvalue weighted by molar-refractivity contribution is 0.0963. The first kappa shape index (κ1) is 14.6. The number of aliphatic hydroxyl groups is 1. The van der Waals surface area contributed by atoms with Crippen LogP contribution < -0.4 is 4.90 Å². The normalized spacial score (nSPS) is 17.5. The summed E-state index contributed by atoms with van der Waals surface area (Å²) in [5.41, 5.74) is 2.33. The van der Waals surface area contributed by atoms with Crippen LogP contribution in [0.4, 0.5) is 14.9 Å². The maximum absolute atomic E-state index is 14.6. The summed E-state index contributed by atoms with van der Waals surface area (Å²) >= 11 is 0. The average molecular weight is 327 g/mol. The molecule has 3 heterocycles. The largest absolute Gasteiger partial charge is 0.441 e. The molecule has 122 valence electrons. The van der Waals surface area contributed by atoms with Crippen LogP contribution in [-0.4, -0.2) is 39.8 Å². The molecule has 1 aliphatic rings. The Kier molecular flexibility index (Phi) is 3.42. The fraction of sp³-hybridized carbons (Fsp3) is 0.176. The van der Waals surface area contributed by atoms with Gasteiger partial charge in [-0.25, -0.2) is 14.2 Å². The van der Waals surface area contributed by atoms with Crippen molar-refractivity contribution >= 4 is 17.4 Å². The van der Waals surface area contributed by atoms with Gasteiger partial charge in [0.1, 0.15) is 17.6 Å². The molecule has 0 saturated carbocycles. The molecule has 1 N–H and O–H groups in total. The van der Waals surface area contributed by atoms with Crippen LogP contribution in [0.2, 0.25) is 0 Å². The third-order valence-electron chi connectivity index (χ3n) is 4.04. The molecule has 0 aliphatic carbocycles. The van der Waals surface area contributed by atoms with Gasteiger partial charge in [-0.15, -0.1) is 0 Å². The van der Waals surface area contributed by atoms with Gasteiger partial charge in [-0.3, -0.25) is 4.90 Å². The topological polar surface area (TPSA) is 67.1 Å². The van der Waals surface area contributed by atoms with Crippen molar-refractivity contribution in [1.29, 1.82) is 0 Å². The van der Waals surface area contributed by atoms with E-state index in [1.807, 2.05) is 10.5 Å². The van der Waals surface area contributed by atoms with Crippen LogP contribution >= 0.6 is 0 Å². The van der Waals surface area contributed by atoms with Crippen LogP contribution in [0.1, 0.15) is 0 Å². The number of aromatic nitrogens is 2. The number of carbonyl (C=O) groups excluding carboxylic acids is 1. The summed E-state index contributed by atoms with van der Waals surface area (Å²) < 4.78 is 21.4. The minimum absolute atomic E-state index is 0.203. The Labute approximate surface area is 136 Å². The van der Waals surface area contributed by atoms with Gasteiger partial charge in [-0.2, -0.15) is 0 Å². The first-order valence-electron chi connectivity index (χ1n) is 7.47. The molecule has 1 aliphatic heterocycles. The summed E-state index contributed by atoms with van der Waals surface area (Å²) in [5.74, 6) is -0.438. The predicted octanol–water partition coefficient (Wildman–Crippen LogP) is 2.46. The number of hydrogen-bond donors (Lipinski definition) is 1. The van der Waals surface area contributed by atoms with Gasteiger partial charge >= 0.3 is 6.09 Å². The Balaban J connectivity index is 1.68. The van der Waals surface area contributed by atoms with Crippen molar-refractivity contribution in [2.75, 3.05) is 18.1 Å². The number of halogens is 1. The molecule has 1 aromatic carbocycles. The van der Waals surface area contributed by atoms with Gasteiger partial charge in [0.25, 0.3) is 0 Å². The van der Waals surface area contributed by atoms with E-state index in [0.29, 0.717) is 16.8 Å². The zero-order valence-electron chi connectivity index (χ0n) is 12.6. The monoisotopic (exact) mass is 327 g/mol. The summed E-state index contributed by atoms with van der Waals surface area (Å²) in [4.78, 5) is 17.3. The number of nitrogens with zero attached hydrogens (tertiary/aromatic N) is 3. The van der Waals surface area contributed by atoms with E-state index in [1.165, 1.54) is 11.0 Å². The molecular weight excluding hydrogens is 313 g/mol. The quantitative estimate of drug-likeness (QED) is 0.802. The van der Waals surface area contributed by atoms with Crippen LogP contribution in [0.15, 0.2) is 48.9 Å². The number of fused-ring (bicyclic) bond motifs is 1. The van der Waals surface area contributed by atoms with Gasteiger partial charge in [0.15, 0.2) is 0 Å². The van der Waals surface area contributed by atoms with Crippen molar-refractivity contribution in [2.24, 2.45) is 0 Å². The van der Waals surface area contributed by atoms with Crippen molar-refractivity contribution in [3.63, 3.8) is 0 Å². The molecule has 0 bridgehead atoms. The van der Waals surface area contributed by atoms with Gasteiger partial charge in [-0.05, 0) is 30.3 Å². The third-order valence-corrected chi connectivity index (χ3v) is 4.04. The zero-order chi connectivity index (χ0) is 16.7. The Hall–Kier alpha value is -2.93. The van der Waals surface area contributed by atoms with Crippen LogP contribution in [-0.2, 0) is 4.74 Å². The SMILES string of the molecule is O=C1O[C@@H](CO)CN1c1ccc(-c2ccc3nccn3c2)c(F)c1. The number of carbonyl (C=O) groups is 1. The molecule has 1 fully saturated rings. The number of hydrogen-bond acceptors (Lipinski definition) is 4. The van der Waals surface area contributed by atoms with Crippen LogP contribution in [0.5, 0.6) is 0 Å². The van der Waals surface area contributed by atoms with Crippen LogP contribution in [0.25, 0.3) is 16.8 Å². The molecule has 1 saturated heterocycles. The van der Waals surface area contributed by atoms with E-state index in [-0.39, 0.29) is 13.2 Å². The lowest BCUT2D eigenvalue weighted by Crippen LogP contribution is -2.25. The van der Waals surface area contributed by atoms with Crippen LogP contribution in [0, 0.1) is 5.82 Å². The molecular formula is C17H14FN3O3. The summed E-state index contributed by atoms with van der Waals surface area (Å²) in [5, 5.41) is 9.08. The summed E-state index contributed by atoms with van der Waals surface area (Å²) in [7, 11) is 0.